The molecule has 0 amide bonds. The Kier molecular flexibility index (Phi) is 3.04. The molecule has 1 aliphatic rings. The topological polar surface area (TPSA) is 26.3 Å². The van der Waals surface area contributed by atoms with Crippen molar-refractivity contribution in [3.05, 3.63) is 48.3 Å². The molecule has 2 heteroatoms. The van der Waals surface area contributed by atoms with E-state index >= 15 is 0 Å². The second kappa shape index (κ2) is 4.82. The van der Waals surface area contributed by atoms with Gasteiger partial charge in [0.15, 0.2) is 0 Å². The van der Waals surface area contributed by atoms with Crippen molar-refractivity contribution >= 4 is 0 Å². The molecule has 0 saturated heterocycles. The van der Waals surface area contributed by atoms with Crippen LogP contribution in [0.4, 0.5) is 0 Å². The molecule has 0 spiro atoms. The summed E-state index contributed by atoms with van der Waals surface area (Å²) < 4.78 is 11.2. The van der Waals surface area contributed by atoms with E-state index in [0.717, 1.165) is 11.5 Å². The normalized spacial score (nSPS) is 17.7. The highest BCUT2D eigenvalue weighted by molar-refractivity contribution is 5.20. The Balaban J connectivity index is 1.91. The zero-order valence-electron chi connectivity index (χ0n) is 9.97. The standard InChI is InChI=1S/C15H18O2/c1-2-6-12(7-3-1)15(13-8-4-10-16-13)14-9-5-11-17-14/h4-5,8-12,15H,1-3,6-7H2. The molecule has 0 N–H and O–H groups in total. The van der Waals surface area contributed by atoms with E-state index in [1.54, 1.807) is 12.5 Å². The van der Waals surface area contributed by atoms with Gasteiger partial charge in [-0.3, -0.25) is 0 Å². The lowest BCUT2D eigenvalue weighted by atomic mass is 9.78. The fraction of sp³-hybridized carbons (Fsp3) is 0.467. The lowest BCUT2D eigenvalue weighted by Crippen LogP contribution is -2.16. The highest BCUT2D eigenvalue weighted by atomic mass is 16.3. The molecule has 0 atom stereocenters. The van der Waals surface area contributed by atoms with Crippen molar-refractivity contribution < 1.29 is 8.83 Å². The second-order valence-electron chi connectivity index (χ2n) is 4.91. The Labute approximate surface area is 102 Å². The average molecular weight is 230 g/mol. The van der Waals surface area contributed by atoms with Crippen LogP contribution in [0.15, 0.2) is 45.6 Å². The van der Waals surface area contributed by atoms with Crippen LogP contribution in [0.25, 0.3) is 0 Å². The van der Waals surface area contributed by atoms with Crippen molar-refractivity contribution in [1.29, 1.82) is 0 Å². The maximum absolute atomic E-state index is 5.61. The van der Waals surface area contributed by atoms with Crippen LogP contribution >= 0.6 is 0 Å². The summed E-state index contributed by atoms with van der Waals surface area (Å²) >= 11 is 0. The highest BCUT2D eigenvalue weighted by Crippen LogP contribution is 2.40. The Morgan fingerprint density at radius 3 is 1.94 bits per heavy atom. The van der Waals surface area contributed by atoms with Crippen molar-refractivity contribution in [3.63, 3.8) is 0 Å². The van der Waals surface area contributed by atoms with E-state index in [0.29, 0.717) is 11.8 Å². The van der Waals surface area contributed by atoms with E-state index in [9.17, 15) is 0 Å². The van der Waals surface area contributed by atoms with E-state index in [2.05, 4.69) is 12.1 Å². The lowest BCUT2D eigenvalue weighted by Gasteiger charge is -2.27. The molecule has 1 saturated carbocycles. The molecule has 2 aromatic rings. The van der Waals surface area contributed by atoms with Gasteiger partial charge in [0.2, 0.25) is 0 Å². The maximum Gasteiger partial charge on any atom is 0.114 e. The summed E-state index contributed by atoms with van der Waals surface area (Å²) in [6.45, 7) is 0. The average Bonchev–Trinajstić information content (AvgIpc) is 3.04. The van der Waals surface area contributed by atoms with E-state index in [-0.39, 0.29) is 0 Å². The van der Waals surface area contributed by atoms with Gasteiger partial charge in [-0.15, -0.1) is 0 Å². The maximum atomic E-state index is 5.61. The van der Waals surface area contributed by atoms with Crippen molar-refractivity contribution in [1.82, 2.24) is 0 Å². The third-order valence-electron chi connectivity index (χ3n) is 3.82. The monoisotopic (exact) mass is 230 g/mol. The minimum Gasteiger partial charge on any atom is -0.469 e. The van der Waals surface area contributed by atoms with Gasteiger partial charge in [0.1, 0.15) is 11.5 Å². The van der Waals surface area contributed by atoms with Crippen molar-refractivity contribution in [2.75, 3.05) is 0 Å². The van der Waals surface area contributed by atoms with Gasteiger partial charge >= 0.3 is 0 Å². The molecule has 2 aromatic heterocycles. The third-order valence-corrected chi connectivity index (χ3v) is 3.82. The fourth-order valence-electron chi connectivity index (χ4n) is 3.01. The van der Waals surface area contributed by atoms with Gasteiger partial charge in [0.25, 0.3) is 0 Å². The van der Waals surface area contributed by atoms with Crippen LogP contribution < -0.4 is 0 Å². The Morgan fingerprint density at radius 1 is 0.882 bits per heavy atom. The fourth-order valence-corrected chi connectivity index (χ4v) is 3.01. The number of hydrogen-bond donors (Lipinski definition) is 0. The van der Waals surface area contributed by atoms with Crippen LogP contribution in [0, 0.1) is 5.92 Å². The van der Waals surface area contributed by atoms with Crippen LogP contribution in [0.3, 0.4) is 0 Å². The van der Waals surface area contributed by atoms with E-state index in [1.807, 2.05) is 12.1 Å². The molecular formula is C15H18O2. The number of rotatable bonds is 3. The molecule has 2 heterocycles. The summed E-state index contributed by atoms with van der Waals surface area (Å²) in [6, 6.07) is 8.08. The molecular weight excluding hydrogens is 212 g/mol. The van der Waals surface area contributed by atoms with Crippen LogP contribution in [-0.2, 0) is 0 Å². The molecule has 1 fully saturated rings. The van der Waals surface area contributed by atoms with E-state index in [4.69, 9.17) is 8.83 Å². The van der Waals surface area contributed by atoms with Crippen LogP contribution in [0.1, 0.15) is 49.5 Å². The summed E-state index contributed by atoms with van der Waals surface area (Å²) in [5, 5.41) is 0. The van der Waals surface area contributed by atoms with Crippen LogP contribution in [-0.4, -0.2) is 0 Å². The summed E-state index contributed by atoms with van der Waals surface area (Å²) in [7, 11) is 0. The van der Waals surface area contributed by atoms with Gasteiger partial charge < -0.3 is 8.83 Å². The summed E-state index contributed by atoms with van der Waals surface area (Å²) in [6.07, 6.45) is 10.1. The molecule has 0 radical (unpaired) electrons. The predicted octanol–water partition coefficient (Wildman–Crippen LogP) is 4.58. The van der Waals surface area contributed by atoms with Gasteiger partial charge in [-0.05, 0) is 43.0 Å². The molecule has 17 heavy (non-hydrogen) atoms. The van der Waals surface area contributed by atoms with Gasteiger partial charge in [0.05, 0.1) is 18.4 Å². The molecule has 0 unspecified atom stereocenters. The molecule has 1 aliphatic carbocycles. The summed E-state index contributed by atoms with van der Waals surface area (Å²) in [4.78, 5) is 0. The van der Waals surface area contributed by atoms with E-state index in [1.165, 1.54) is 32.1 Å². The summed E-state index contributed by atoms with van der Waals surface area (Å²) in [5.41, 5.74) is 0. The SMILES string of the molecule is c1coc(C(c2ccco2)C2CCCCC2)c1. The third kappa shape index (κ3) is 2.17. The Hall–Kier alpha value is -1.44. The van der Waals surface area contributed by atoms with E-state index < -0.39 is 0 Å². The number of furan rings is 2. The van der Waals surface area contributed by atoms with Crippen molar-refractivity contribution in [2.24, 2.45) is 5.92 Å². The van der Waals surface area contributed by atoms with Gasteiger partial charge in [-0.2, -0.15) is 0 Å². The predicted molar refractivity (Wildman–Crippen MR) is 65.8 cm³/mol. The lowest BCUT2D eigenvalue weighted by molar-refractivity contribution is 0.276. The Bertz CT molecular complexity index is 387. The quantitative estimate of drug-likeness (QED) is 0.771. The summed E-state index contributed by atoms with van der Waals surface area (Å²) in [5.74, 6) is 3.07. The second-order valence-corrected chi connectivity index (χ2v) is 4.91. The first kappa shape index (κ1) is 10.7. The largest absolute Gasteiger partial charge is 0.469 e. The van der Waals surface area contributed by atoms with Gasteiger partial charge in [0, 0.05) is 0 Å². The first-order chi connectivity index (χ1) is 8.45. The molecule has 0 aromatic carbocycles. The van der Waals surface area contributed by atoms with Crippen molar-refractivity contribution in [2.45, 2.75) is 38.0 Å². The van der Waals surface area contributed by atoms with Gasteiger partial charge in [-0.1, -0.05) is 19.3 Å². The molecule has 3 rings (SSSR count). The zero-order chi connectivity index (χ0) is 11.5. The highest BCUT2D eigenvalue weighted by Gasteiger charge is 2.30. The Morgan fingerprint density at radius 2 is 1.47 bits per heavy atom. The minimum absolute atomic E-state index is 0.306. The smallest absolute Gasteiger partial charge is 0.114 e. The first-order valence-electron chi connectivity index (χ1n) is 6.52. The van der Waals surface area contributed by atoms with Gasteiger partial charge in [-0.25, -0.2) is 0 Å². The molecule has 90 valence electrons. The number of hydrogen-bond acceptors (Lipinski definition) is 2. The first-order valence-corrected chi connectivity index (χ1v) is 6.52. The molecule has 0 bridgehead atoms. The van der Waals surface area contributed by atoms with Crippen molar-refractivity contribution in [3.8, 4) is 0 Å². The van der Waals surface area contributed by atoms with Crippen LogP contribution in [0.2, 0.25) is 0 Å². The minimum atomic E-state index is 0.306. The van der Waals surface area contributed by atoms with Crippen LogP contribution in [0.5, 0.6) is 0 Å². The zero-order valence-corrected chi connectivity index (χ0v) is 9.97. The molecule has 0 aliphatic heterocycles. The molecule has 2 nitrogen and oxygen atoms in total.